The van der Waals surface area contributed by atoms with Crippen LogP contribution in [0.1, 0.15) is 80.3 Å². The zero-order valence-corrected chi connectivity index (χ0v) is 19.8. The van der Waals surface area contributed by atoms with Crippen LogP contribution < -0.4 is 10.6 Å². The Kier molecular flexibility index (Phi) is 6.79. The van der Waals surface area contributed by atoms with E-state index in [0.717, 1.165) is 61.4 Å². The Morgan fingerprint density at radius 2 is 1.77 bits per heavy atom. The van der Waals surface area contributed by atoms with Gasteiger partial charge in [0, 0.05) is 30.7 Å². The zero-order chi connectivity index (χ0) is 22.1. The molecule has 0 spiro atoms. The second-order valence-electron chi connectivity index (χ2n) is 11.9. The van der Waals surface area contributed by atoms with Gasteiger partial charge in [-0.3, -0.25) is 4.79 Å². The fraction of sp³-hybridized carbons (Fsp3) is 0.741. The van der Waals surface area contributed by atoms with Gasteiger partial charge in [0.25, 0.3) is 5.91 Å². The summed E-state index contributed by atoms with van der Waals surface area (Å²) >= 11 is 0. The number of carbonyl (C=O) groups excluding carboxylic acids is 1. The van der Waals surface area contributed by atoms with Crippen LogP contribution in [0.25, 0.3) is 0 Å². The van der Waals surface area contributed by atoms with Gasteiger partial charge in [0.2, 0.25) is 0 Å². The number of amides is 1. The van der Waals surface area contributed by atoms with Crippen LogP contribution in [0.3, 0.4) is 0 Å². The Morgan fingerprint density at radius 3 is 2.39 bits per heavy atom. The summed E-state index contributed by atoms with van der Waals surface area (Å²) in [4.78, 5) is 13.1. The molecule has 4 aliphatic rings. The SMILES string of the molecule is Cc1ccc(CCCNCC(C)(C)CO)cc1C(=O)NCC12CC3CC(CC(C3)C1)C2. The van der Waals surface area contributed by atoms with E-state index in [9.17, 15) is 9.90 Å². The van der Waals surface area contributed by atoms with Crippen molar-refractivity contribution in [1.29, 1.82) is 0 Å². The Labute approximate surface area is 188 Å². The molecule has 4 heteroatoms. The quantitative estimate of drug-likeness (QED) is 0.483. The monoisotopic (exact) mass is 426 g/mol. The van der Waals surface area contributed by atoms with Gasteiger partial charge in [0.1, 0.15) is 0 Å². The van der Waals surface area contributed by atoms with Crippen molar-refractivity contribution in [3.63, 3.8) is 0 Å². The smallest absolute Gasteiger partial charge is 0.251 e. The number of carbonyl (C=O) groups is 1. The van der Waals surface area contributed by atoms with Crippen molar-refractivity contribution < 1.29 is 9.90 Å². The molecule has 4 saturated carbocycles. The highest BCUT2D eigenvalue weighted by atomic mass is 16.3. The van der Waals surface area contributed by atoms with Gasteiger partial charge in [-0.1, -0.05) is 26.0 Å². The fourth-order valence-electron chi connectivity index (χ4n) is 6.84. The first kappa shape index (κ1) is 22.8. The van der Waals surface area contributed by atoms with E-state index in [0.29, 0.717) is 5.41 Å². The van der Waals surface area contributed by atoms with E-state index in [2.05, 4.69) is 42.7 Å². The second kappa shape index (κ2) is 9.23. The van der Waals surface area contributed by atoms with Gasteiger partial charge in [0.05, 0.1) is 0 Å². The number of nitrogens with one attached hydrogen (secondary N) is 2. The molecule has 0 heterocycles. The second-order valence-corrected chi connectivity index (χ2v) is 11.9. The van der Waals surface area contributed by atoms with Gasteiger partial charge in [-0.05, 0) is 105 Å². The maximum Gasteiger partial charge on any atom is 0.251 e. The van der Waals surface area contributed by atoms with Gasteiger partial charge in [-0.2, -0.15) is 0 Å². The molecule has 4 aliphatic carbocycles. The number of aliphatic hydroxyl groups excluding tert-OH is 1. The average molecular weight is 427 g/mol. The molecule has 31 heavy (non-hydrogen) atoms. The van der Waals surface area contributed by atoms with Crippen LogP contribution in [-0.4, -0.2) is 37.3 Å². The summed E-state index contributed by atoms with van der Waals surface area (Å²) in [5.41, 5.74) is 3.44. The Morgan fingerprint density at radius 1 is 1.13 bits per heavy atom. The number of aryl methyl sites for hydroxylation is 2. The highest BCUT2D eigenvalue weighted by Gasteiger charge is 2.50. The summed E-state index contributed by atoms with van der Waals surface area (Å²) in [6, 6.07) is 6.35. The molecule has 1 aromatic rings. The van der Waals surface area contributed by atoms with Gasteiger partial charge in [-0.25, -0.2) is 0 Å². The lowest BCUT2D eigenvalue weighted by Crippen LogP contribution is -2.51. The molecule has 0 radical (unpaired) electrons. The third kappa shape index (κ3) is 5.51. The van der Waals surface area contributed by atoms with Crippen LogP contribution in [0.5, 0.6) is 0 Å². The maximum atomic E-state index is 13.1. The van der Waals surface area contributed by atoms with E-state index < -0.39 is 0 Å². The Hall–Kier alpha value is -1.39. The van der Waals surface area contributed by atoms with E-state index in [1.165, 1.54) is 44.1 Å². The van der Waals surface area contributed by atoms with E-state index in [1.807, 2.05) is 6.92 Å². The largest absolute Gasteiger partial charge is 0.396 e. The molecule has 0 atom stereocenters. The van der Waals surface area contributed by atoms with Gasteiger partial charge >= 0.3 is 0 Å². The predicted molar refractivity (Wildman–Crippen MR) is 126 cm³/mol. The molecule has 4 bridgehead atoms. The normalized spacial score (nSPS) is 29.4. The van der Waals surface area contributed by atoms with Crippen molar-refractivity contribution in [2.75, 3.05) is 26.2 Å². The molecule has 4 fully saturated rings. The average Bonchev–Trinajstić information content (AvgIpc) is 2.72. The van der Waals surface area contributed by atoms with E-state index in [-0.39, 0.29) is 17.9 Å². The van der Waals surface area contributed by atoms with Crippen molar-refractivity contribution >= 4 is 5.91 Å². The summed E-state index contributed by atoms with van der Waals surface area (Å²) < 4.78 is 0. The molecule has 0 unspecified atom stereocenters. The highest BCUT2D eigenvalue weighted by molar-refractivity contribution is 5.95. The minimum absolute atomic E-state index is 0.0776. The van der Waals surface area contributed by atoms with Crippen molar-refractivity contribution in [2.45, 2.75) is 72.1 Å². The van der Waals surface area contributed by atoms with Crippen molar-refractivity contribution in [1.82, 2.24) is 10.6 Å². The molecular formula is C27H42N2O2. The van der Waals surface area contributed by atoms with Crippen LogP contribution in [0.15, 0.2) is 18.2 Å². The van der Waals surface area contributed by atoms with Gasteiger partial charge in [-0.15, -0.1) is 0 Å². The van der Waals surface area contributed by atoms with Gasteiger partial charge in [0.15, 0.2) is 0 Å². The summed E-state index contributed by atoms with van der Waals surface area (Å²) in [6.07, 6.45) is 10.3. The molecular weight excluding hydrogens is 384 g/mol. The van der Waals surface area contributed by atoms with Crippen LogP contribution in [0.4, 0.5) is 0 Å². The molecule has 0 saturated heterocycles. The first-order chi connectivity index (χ1) is 14.8. The Bertz CT molecular complexity index is 750. The predicted octanol–water partition coefficient (Wildman–Crippen LogP) is 4.48. The van der Waals surface area contributed by atoms with Crippen LogP contribution in [0, 0.1) is 35.5 Å². The number of benzene rings is 1. The number of rotatable bonds is 10. The Balaban J connectivity index is 1.28. The molecule has 5 rings (SSSR count). The number of hydrogen-bond acceptors (Lipinski definition) is 3. The van der Waals surface area contributed by atoms with Gasteiger partial charge < -0.3 is 15.7 Å². The lowest BCUT2D eigenvalue weighted by atomic mass is 9.49. The molecule has 172 valence electrons. The summed E-state index contributed by atoms with van der Waals surface area (Å²) in [5.74, 6) is 2.87. The first-order valence-corrected chi connectivity index (χ1v) is 12.5. The van der Waals surface area contributed by atoms with Crippen molar-refractivity contribution in [3.05, 3.63) is 34.9 Å². The number of aliphatic hydroxyl groups is 1. The lowest BCUT2D eigenvalue weighted by molar-refractivity contribution is -0.0503. The third-order valence-electron chi connectivity index (χ3n) is 8.19. The van der Waals surface area contributed by atoms with E-state index in [1.54, 1.807) is 0 Å². The topological polar surface area (TPSA) is 61.4 Å². The standard InChI is InChI=1S/C27H42N2O2/c1-19-6-7-20(5-4-8-28-16-26(2,3)18-30)12-24(19)25(31)29-17-27-13-21-9-22(14-27)11-23(10-21)15-27/h6-7,12,21-23,28,30H,4-5,8-11,13-18H2,1-3H3,(H,29,31). The fourth-order valence-corrected chi connectivity index (χ4v) is 6.84. The minimum Gasteiger partial charge on any atom is -0.396 e. The van der Waals surface area contributed by atoms with Crippen LogP contribution in [-0.2, 0) is 6.42 Å². The molecule has 0 aliphatic heterocycles. The molecule has 4 nitrogen and oxygen atoms in total. The molecule has 1 aromatic carbocycles. The van der Waals surface area contributed by atoms with E-state index in [4.69, 9.17) is 0 Å². The summed E-state index contributed by atoms with van der Waals surface area (Å²) in [5, 5.41) is 16.1. The summed E-state index contributed by atoms with van der Waals surface area (Å²) in [7, 11) is 0. The maximum absolute atomic E-state index is 13.1. The van der Waals surface area contributed by atoms with Crippen molar-refractivity contribution in [2.24, 2.45) is 28.6 Å². The van der Waals surface area contributed by atoms with E-state index >= 15 is 0 Å². The zero-order valence-electron chi connectivity index (χ0n) is 19.8. The molecule has 1 amide bonds. The molecule has 0 aromatic heterocycles. The number of hydrogen-bond donors (Lipinski definition) is 3. The van der Waals surface area contributed by atoms with Crippen LogP contribution in [0.2, 0.25) is 0 Å². The third-order valence-corrected chi connectivity index (χ3v) is 8.19. The summed E-state index contributed by atoms with van der Waals surface area (Å²) in [6.45, 7) is 8.97. The highest BCUT2D eigenvalue weighted by Crippen LogP contribution is 2.59. The van der Waals surface area contributed by atoms with Crippen molar-refractivity contribution in [3.8, 4) is 0 Å². The van der Waals surface area contributed by atoms with Crippen LogP contribution >= 0.6 is 0 Å². The minimum atomic E-state index is -0.0776. The first-order valence-electron chi connectivity index (χ1n) is 12.5. The lowest BCUT2D eigenvalue weighted by Gasteiger charge is -2.56. The molecule has 3 N–H and O–H groups in total.